The van der Waals surface area contributed by atoms with Gasteiger partial charge in [0.25, 0.3) is 0 Å². The zero-order valence-corrected chi connectivity index (χ0v) is 17.2. The number of oxazole rings is 1. The van der Waals surface area contributed by atoms with Crippen LogP contribution in [0.3, 0.4) is 0 Å². The number of benzene rings is 2. The van der Waals surface area contributed by atoms with E-state index in [0.717, 1.165) is 10.6 Å². The maximum Gasteiger partial charge on any atom is 0.416 e. The average molecular weight is 479 g/mol. The smallest absolute Gasteiger partial charge is 0.416 e. The second kappa shape index (κ2) is 8.04. The van der Waals surface area contributed by atoms with Crippen LogP contribution < -0.4 is 9.62 Å². The summed E-state index contributed by atoms with van der Waals surface area (Å²) in [4.78, 5) is 3.94. The van der Waals surface area contributed by atoms with E-state index in [2.05, 4.69) is 10.3 Å². The number of nitrogens with zero attached hydrogens (tertiary/aromatic N) is 2. The highest BCUT2D eigenvalue weighted by Crippen LogP contribution is 2.39. The third-order valence-corrected chi connectivity index (χ3v) is 5.45. The minimum atomic E-state index is -5.04. The Balaban J connectivity index is 2.11. The SMILES string of the molecule is CN(c1nc(Nc2cc(C(F)(F)F)cc(C(F)(F)F)c2)oc1-c1ccccc1)S(C)(=O)=O. The molecule has 1 aromatic heterocycles. The first kappa shape index (κ1) is 23.4. The third-order valence-electron chi connectivity index (χ3n) is 4.28. The van der Waals surface area contributed by atoms with E-state index in [1.54, 1.807) is 30.3 Å². The summed E-state index contributed by atoms with van der Waals surface area (Å²) in [6.45, 7) is 0. The van der Waals surface area contributed by atoms with E-state index in [0.29, 0.717) is 17.7 Å². The molecule has 2 aromatic carbocycles. The highest BCUT2D eigenvalue weighted by atomic mass is 32.2. The molecule has 1 N–H and O–H groups in total. The minimum Gasteiger partial charge on any atom is -0.421 e. The molecule has 0 spiro atoms. The molecule has 0 bridgehead atoms. The molecule has 0 aliphatic heterocycles. The standard InChI is InChI=1S/C19H15F6N3O3S/c1-28(32(2,29)30)16-15(11-6-4-3-5-7-11)31-17(27-16)26-14-9-12(18(20,21)22)8-13(10-14)19(23,24)25/h3-10H,1-2H3,(H,26,27). The van der Waals surface area contributed by atoms with Crippen LogP contribution in [0.4, 0.5) is 43.9 Å². The topological polar surface area (TPSA) is 75.4 Å². The summed E-state index contributed by atoms with van der Waals surface area (Å²) in [7, 11) is -2.64. The molecule has 0 amide bonds. The third kappa shape index (κ3) is 5.15. The van der Waals surface area contributed by atoms with Gasteiger partial charge in [-0.1, -0.05) is 30.3 Å². The van der Waals surface area contributed by atoms with Gasteiger partial charge >= 0.3 is 18.4 Å². The fourth-order valence-corrected chi connectivity index (χ4v) is 3.10. The molecule has 6 nitrogen and oxygen atoms in total. The van der Waals surface area contributed by atoms with Gasteiger partial charge in [-0.05, 0) is 18.2 Å². The lowest BCUT2D eigenvalue weighted by molar-refractivity contribution is -0.143. The van der Waals surface area contributed by atoms with Crippen molar-refractivity contribution in [3.05, 3.63) is 59.7 Å². The van der Waals surface area contributed by atoms with Crippen LogP contribution in [0, 0.1) is 0 Å². The molecule has 0 fully saturated rings. The number of alkyl halides is 6. The highest BCUT2D eigenvalue weighted by molar-refractivity contribution is 7.92. The zero-order chi connectivity index (χ0) is 23.9. The van der Waals surface area contributed by atoms with Crippen molar-refractivity contribution in [2.24, 2.45) is 0 Å². The van der Waals surface area contributed by atoms with Gasteiger partial charge in [-0.3, -0.25) is 4.31 Å². The van der Waals surface area contributed by atoms with Crippen molar-refractivity contribution in [1.29, 1.82) is 0 Å². The first-order chi connectivity index (χ1) is 14.7. The summed E-state index contributed by atoms with van der Waals surface area (Å²) in [5.74, 6) is -0.256. The van der Waals surface area contributed by atoms with Gasteiger partial charge in [0.05, 0.1) is 17.4 Å². The number of aromatic nitrogens is 1. The molecular formula is C19H15F6N3O3S. The van der Waals surface area contributed by atoms with Crippen LogP contribution in [0.1, 0.15) is 11.1 Å². The molecule has 0 aliphatic carbocycles. The predicted octanol–water partition coefficient (Wildman–Crippen LogP) is 5.52. The quantitative estimate of drug-likeness (QED) is 0.488. The molecule has 32 heavy (non-hydrogen) atoms. The Hall–Kier alpha value is -3.22. The number of hydrogen-bond acceptors (Lipinski definition) is 5. The monoisotopic (exact) mass is 479 g/mol. The largest absolute Gasteiger partial charge is 0.421 e. The Morgan fingerprint density at radius 2 is 1.47 bits per heavy atom. The molecule has 3 aromatic rings. The normalized spacial score (nSPS) is 12.6. The van der Waals surface area contributed by atoms with E-state index in [1.807, 2.05) is 0 Å². The highest BCUT2D eigenvalue weighted by Gasteiger charge is 2.37. The Morgan fingerprint density at radius 3 is 1.94 bits per heavy atom. The van der Waals surface area contributed by atoms with E-state index in [-0.39, 0.29) is 17.6 Å². The van der Waals surface area contributed by atoms with Crippen LogP contribution in [0.5, 0.6) is 0 Å². The number of rotatable bonds is 5. The lowest BCUT2D eigenvalue weighted by Gasteiger charge is -2.14. The van der Waals surface area contributed by atoms with E-state index >= 15 is 0 Å². The van der Waals surface area contributed by atoms with E-state index < -0.39 is 45.2 Å². The predicted molar refractivity (Wildman–Crippen MR) is 105 cm³/mol. The van der Waals surface area contributed by atoms with E-state index in [9.17, 15) is 34.8 Å². The van der Waals surface area contributed by atoms with Crippen LogP contribution in [-0.4, -0.2) is 26.7 Å². The Kier molecular flexibility index (Phi) is 5.89. The van der Waals surface area contributed by atoms with E-state index in [1.165, 1.54) is 7.05 Å². The van der Waals surface area contributed by atoms with Crippen LogP contribution >= 0.6 is 0 Å². The summed E-state index contributed by atoms with van der Waals surface area (Å²) in [6, 6.07) is 8.46. The Morgan fingerprint density at radius 1 is 0.938 bits per heavy atom. The van der Waals surface area contributed by atoms with Crippen LogP contribution in [-0.2, 0) is 22.4 Å². The first-order valence-electron chi connectivity index (χ1n) is 8.73. The number of anilines is 3. The molecular weight excluding hydrogens is 464 g/mol. The van der Waals surface area contributed by atoms with Crippen LogP contribution in [0.25, 0.3) is 11.3 Å². The van der Waals surface area contributed by atoms with Crippen LogP contribution in [0.2, 0.25) is 0 Å². The number of sulfonamides is 1. The summed E-state index contributed by atoms with van der Waals surface area (Å²) in [6.07, 6.45) is -9.18. The molecule has 172 valence electrons. The molecule has 13 heteroatoms. The average Bonchev–Trinajstić information content (AvgIpc) is 3.09. The van der Waals surface area contributed by atoms with Gasteiger partial charge in [0, 0.05) is 18.3 Å². The van der Waals surface area contributed by atoms with Crippen molar-refractivity contribution in [2.45, 2.75) is 12.4 Å². The lowest BCUT2D eigenvalue weighted by Crippen LogP contribution is -2.25. The fourth-order valence-electron chi connectivity index (χ4n) is 2.66. The molecule has 1 heterocycles. The van der Waals surface area contributed by atoms with Gasteiger partial charge in [-0.25, -0.2) is 8.42 Å². The molecule has 0 aliphatic rings. The van der Waals surface area contributed by atoms with Crippen LogP contribution in [0.15, 0.2) is 52.9 Å². The van der Waals surface area contributed by atoms with Gasteiger partial charge in [0.15, 0.2) is 11.6 Å². The lowest BCUT2D eigenvalue weighted by atomic mass is 10.1. The number of halogens is 6. The molecule has 0 saturated heterocycles. The zero-order valence-electron chi connectivity index (χ0n) is 16.4. The second-order valence-corrected chi connectivity index (χ2v) is 8.70. The second-order valence-electron chi connectivity index (χ2n) is 6.69. The maximum absolute atomic E-state index is 13.1. The minimum absolute atomic E-state index is 0.0149. The molecule has 0 unspecified atom stereocenters. The van der Waals surface area contributed by atoms with Crippen molar-refractivity contribution in [3.8, 4) is 11.3 Å². The maximum atomic E-state index is 13.1. The van der Waals surface area contributed by atoms with Crippen molar-refractivity contribution in [3.63, 3.8) is 0 Å². The Bertz CT molecular complexity index is 1190. The Labute approximate surface area is 178 Å². The molecule has 3 rings (SSSR count). The van der Waals surface area contributed by atoms with Gasteiger partial charge < -0.3 is 9.73 Å². The molecule has 0 atom stereocenters. The van der Waals surface area contributed by atoms with Crippen molar-refractivity contribution in [1.82, 2.24) is 4.98 Å². The number of nitrogens with one attached hydrogen (secondary N) is 1. The number of hydrogen-bond donors (Lipinski definition) is 1. The molecule has 0 radical (unpaired) electrons. The van der Waals surface area contributed by atoms with Gasteiger partial charge in [0.1, 0.15) is 0 Å². The van der Waals surface area contributed by atoms with Crippen molar-refractivity contribution < 1.29 is 39.2 Å². The molecule has 0 saturated carbocycles. The summed E-state index contributed by atoms with van der Waals surface area (Å²) in [5, 5.41) is 2.27. The van der Waals surface area contributed by atoms with Gasteiger partial charge in [0.2, 0.25) is 10.0 Å². The van der Waals surface area contributed by atoms with Crippen molar-refractivity contribution in [2.75, 3.05) is 22.9 Å². The summed E-state index contributed by atoms with van der Waals surface area (Å²) >= 11 is 0. The summed E-state index contributed by atoms with van der Waals surface area (Å²) < 4.78 is 109. The van der Waals surface area contributed by atoms with Gasteiger partial charge in [-0.2, -0.15) is 31.3 Å². The first-order valence-corrected chi connectivity index (χ1v) is 10.6. The summed E-state index contributed by atoms with van der Waals surface area (Å²) in [5.41, 5.74) is -3.27. The van der Waals surface area contributed by atoms with Crippen molar-refractivity contribution >= 4 is 27.5 Å². The fraction of sp³-hybridized carbons (Fsp3) is 0.211. The van der Waals surface area contributed by atoms with E-state index in [4.69, 9.17) is 4.42 Å². The van der Waals surface area contributed by atoms with Gasteiger partial charge in [-0.15, -0.1) is 0 Å².